The number of benzene rings is 2. The summed E-state index contributed by atoms with van der Waals surface area (Å²) in [5, 5.41) is 5.53. The smallest absolute Gasteiger partial charge is 0.323 e. The summed E-state index contributed by atoms with van der Waals surface area (Å²) in [7, 11) is 0. The topological polar surface area (TPSA) is 92.9 Å². The number of rotatable bonds is 2. The molecule has 0 aliphatic rings. The molecular weight excluding hydrogens is 290 g/mol. The fraction of sp³-hybridized carbons (Fsp3) is 0.118. The van der Waals surface area contributed by atoms with E-state index in [0.29, 0.717) is 17.1 Å². The Labute approximate surface area is 133 Å². The molecule has 0 aliphatic carbocycles. The Hall–Kier alpha value is -3.15. The summed E-state index contributed by atoms with van der Waals surface area (Å²) < 4.78 is 0. The molecule has 3 aromatic rings. The Balaban J connectivity index is 1.76. The summed E-state index contributed by atoms with van der Waals surface area (Å²) in [5.41, 5.74) is 10.9. The lowest BCUT2D eigenvalue weighted by Crippen LogP contribution is -2.19. The maximum atomic E-state index is 12.0. The average Bonchev–Trinajstić information content (AvgIpc) is 2.51. The molecule has 116 valence electrons. The monoisotopic (exact) mass is 307 g/mol. The van der Waals surface area contributed by atoms with Gasteiger partial charge in [-0.2, -0.15) is 0 Å². The normalized spacial score (nSPS) is 10.5. The van der Waals surface area contributed by atoms with Crippen LogP contribution >= 0.6 is 0 Å². The Morgan fingerprint density at radius 1 is 0.870 bits per heavy atom. The van der Waals surface area contributed by atoms with Gasteiger partial charge in [-0.3, -0.25) is 0 Å². The Kier molecular flexibility index (Phi) is 3.80. The van der Waals surface area contributed by atoms with Crippen LogP contribution in [-0.2, 0) is 0 Å². The lowest BCUT2D eigenvalue weighted by Gasteiger charge is -2.09. The van der Waals surface area contributed by atoms with E-state index in [4.69, 9.17) is 5.73 Å². The minimum absolute atomic E-state index is 0.328. The Bertz CT molecular complexity index is 874. The molecule has 23 heavy (non-hydrogen) atoms. The van der Waals surface area contributed by atoms with Gasteiger partial charge in [0.15, 0.2) is 0 Å². The first-order valence-corrected chi connectivity index (χ1v) is 7.20. The minimum atomic E-state index is -0.328. The predicted molar refractivity (Wildman–Crippen MR) is 92.5 cm³/mol. The second-order valence-electron chi connectivity index (χ2n) is 5.30. The van der Waals surface area contributed by atoms with Crippen LogP contribution in [0.25, 0.3) is 11.0 Å². The number of carbonyl (C=O) groups excluding carboxylic acids is 1. The van der Waals surface area contributed by atoms with E-state index in [9.17, 15) is 4.79 Å². The Morgan fingerprint density at radius 2 is 1.43 bits per heavy atom. The van der Waals surface area contributed by atoms with Gasteiger partial charge in [0.2, 0.25) is 0 Å². The maximum absolute atomic E-state index is 12.0. The number of carbonyl (C=O) groups is 1. The molecule has 3 rings (SSSR count). The fourth-order valence-corrected chi connectivity index (χ4v) is 2.17. The third-order valence-electron chi connectivity index (χ3n) is 3.50. The van der Waals surface area contributed by atoms with Crippen molar-refractivity contribution in [2.45, 2.75) is 13.8 Å². The number of aromatic nitrogens is 2. The molecule has 1 aromatic heterocycles. The van der Waals surface area contributed by atoms with Gasteiger partial charge in [0.25, 0.3) is 0 Å². The summed E-state index contributed by atoms with van der Waals surface area (Å²) in [6.45, 7) is 3.84. The van der Waals surface area contributed by atoms with Crippen LogP contribution in [0.1, 0.15) is 11.4 Å². The second kappa shape index (κ2) is 5.92. The summed E-state index contributed by atoms with van der Waals surface area (Å²) in [6.07, 6.45) is 0. The van der Waals surface area contributed by atoms with Crippen LogP contribution < -0.4 is 16.4 Å². The fourth-order valence-electron chi connectivity index (χ4n) is 2.17. The van der Waals surface area contributed by atoms with E-state index in [0.717, 1.165) is 22.4 Å². The van der Waals surface area contributed by atoms with Gasteiger partial charge in [0.1, 0.15) is 0 Å². The minimum Gasteiger partial charge on any atom is -0.399 e. The lowest BCUT2D eigenvalue weighted by atomic mass is 10.2. The molecule has 0 saturated heterocycles. The molecule has 2 aromatic carbocycles. The molecule has 6 nitrogen and oxygen atoms in total. The number of amides is 2. The highest BCUT2D eigenvalue weighted by Gasteiger charge is 2.06. The van der Waals surface area contributed by atoms with Crippen molar-refractivity contribution in [2.24, 2.45) is 0 Å². The number of urea groups is 1. The van der Waals surface area contributed by atoms with Crippen molar-refractivity contribution in [1.82, 2.24) is 9.97 Å². The van der Waals surface area contributed by atoms with E-state index in [2.05, 4.69) is 20.6 Å². The molecule has 6 heteroatoms. The van der Waals surface area contributed by atoms with Crippen LogP contribution in [-0.4, -0.2) is 16.0 Å². The van der Waals surface area contributed by atoms with Gasteiger partial charge in [-0.1, -0.05) is 0 Å². The van der Waals surface area contributed by atoms with Gasteiger partial charge in [-0.25, -0.2) is 14.8 Å². The van der Waals surface area contributed by atoms with Crippen LogP contribution in [0, 0.1) is 13.8 Å². The van der Waals surface area contributed by atoms with Crippen molar-refractivity contribution in [1.29, 1.82) is 0 Å². The lowest BCUT2D eigenvalue weighted by molar-refractivity contribution is 0.262. The number of nitrogens with two attached hydrogens (primary N) is 1. The van der Waals surface area contributed by atoms with Crippen LogP contribution in [0.5, 0.6) is 0 Å². The van der Waals surface area contributed by atoms with E-state index in [1.807, 2.05) is 19.9 Å². The van der Waals surface area contributed by atoms with Gasteiger partial charge >= 0.3 is 6.03 Å². The maximum Gasteiger partial charge on any atom is 0.323 e. The van der Waals surface area contributed by atoms with Crippen LogP contribution in [0.15, 0.2) is 42.5 Å². The Morgan fingerprint density at radius 3 is 2.13 bits per heavy atom. The average molecular weight is 307 g/mol. The summed E-state index contributed by atoms with van der Waals surface area (Å²) >= 11 is 0. The largest absolute Gasteiger partial charge is 0.399 e. The van der Waals surface area contributed by atoms with Crippen molar-refractivity contribution < 1.29 is 4.79 Å². The van der Waals surface area contributed by atoms with Crippen LogP contribution in [0.2, 0.25) is 0 Å². The number of nitrogen functional groups attached to an aromatic ring is 1. The molecule has 0 unspecified atom stereocenters. The zero-order valence-electron chi connectivity index (χ0n) is 12.9. The first kappa shape index (κ1) is 14.8. The van der Waals surface area contributed by atoms with Crippen molar-refractivity contribution in [3.05, 3.63) is 53.9 Å². The van der Waals surface area contributed by atoms with E-state index in [1.165, 1.54) is 0 Å². The third kappa shape index (κ3) is 3.37. The molecule has 4 N–H and O–H groups in total. The third-order valence-corrected chi connectivity index (χ3v) is 3.50. The first-order valence-electron chi connectivity index (χ1n) is 7.20. The van der Waals surface area contributed by atoms with Crippen molar-refractivity contribution in [3.63, 3.8) is 0 Å². The molecule has 0 spiro atoms. The molecule has 0 saturated carbocycles. The van der Waals surface area contributed by atoms with Crippen molar-refractivity contribution >= 4 is 34.1 Å². The van der Waals surface area contributed by atoms with Gasteiger partial charge in [-0.05, 0) is 56.3 Å². The summed E-state index contributed by atoms with van der Waals surface area (Å²) in [5.74, 6) is 0. The summed E-state index contributed by atoms with van der Waals surface area (Å²) in [6, 6.07) is 12.1. The predicted octanol–water partition coefficient (Wildman–Crippen LogP) is 3.47. The molecule has 2 amide bonds. The SMILES string of the molecule is Cc1nc2ccc(NC(=O)Nc3ccc(N)cc3)cc2nc1C. The highest BCUT2D eigenvalue weighted by atomic mass is 16.2. The number of hydrogen-bond acceptors (Lipinski definition) is 4. The van der Waals surface area contributed by atoms with Gasteiger partial charge < -0.3 is 16.4 Å². The zero-order chi connectivity index (χ0) is 16.4. The number of aryl methyl sites for hydroxylation is 2. The molecule has 0 bridgehead atoms. The number of anilines is 3. The summed E-state index contributed by atoms with van der Waals surface area (Å²) in [4.78, 5) is 21.0. The quantitative estimate of drug-likeness (QED) is 0.632. The van der Waals surface area contributed by atoms with Crippen molar-refractivity contribution in [3.8, 4) is 0 Å². The zero-order valence-corrected chi connectivity index (χ0v) is 12.9. The number of hydrogen-bond donors (Lipinski definition) is 3. The number of nitrogens with zero attached hydrogens (tertiary/aromatic N) is 2. The van der Waals surface area contributed by atoms with E-state index in [-0.39, 0.29) is 6.03 Å². The van der Waals surface area contributed by atoms with Gasteiger partial charge in [-0.15, -0.1) is 0 Å². The van der Waals surface area contributed by atoms with Crippen molar-refractivity contribution in [2.75, 3.05) is 16.4 Å². The molecule has 0 radical (unpaired) electrons. The van der Waals surface area contributed by atoms with Gasteiger partial charge in [0, 0.05) is 17.1 Å². The van der Waals surface area contributed by atoms with Gasteiger partial charge in [0.05, 0.1) is 22.4 Å². The standard InChI is InChI=1S/C17H17N5O/c1-10-11(2)20-16-9-14(7-8-15(16)19-10)22-17(23)21-13-5-3-12(18)4-6-13/h3-9H,18H2,1-2H3,(H2,21,22,23). The highest BCUT2D eigenvalue weighted by molar-refractivity contribution is 6.00. The van der Waals surface area contributed by atoms with Crippen LogP contribution in [0.3, 0.4) is 0 Å². The number of nitrogens with one attached hydrogen (secondary N) is 2. The molecule has 0 atom stereocenters. The molecule has 0 fully saturated rings. The second-order valence-corrected chi connectivity index (χ2v) is 5.30. The van der Waals surface area contributed by atoms with Crippen LogP contribution in [0.4, 0.5) is 21.9 Å². The first-order chi connectivity index (χ1) is 11.0. The van der Waals surface area contributed by atoms with E-state index < -0.39 is 0 Å². The van der Waals surface area contributed by atoms with E-state index in [1.54, 1.807) is 36.4 Å². The van der Waals surface area contributed by atoms with E-state index >= 15 is 0 Å². The molecular formula is C17H17N5O. The molecule has 0 aliphatic heterocycles. The highest BCUT2D eigenvalue weighted by Crippen LogP contribution is 2.18. The number of fused-ring (bicyclic) bond motifs is 1. The molecule has 1 heterocycles.